The van der Waals surface area contributed by atoms with E-state index < -0.39 is 0 Å². The first-order valence-corrected chi connectivity index (χ1v) is 4.14. The van der Waals surface area contributed by atoms with Crippen LogP contribution in [-0.4, -0.2) is 0 Å². The van der Waals surface area contributed by atoms with E-state index in [2.05, 4.69) is 6.07 Å². The summed E-state index contributed by atoms with van der Waals surface area (Å²) in [7, 11) is 0. The minimum absolute atomic E-state index is 0.00667. The minimum atomic E-state index is 0.00667. The molecule has 2 unspecified atom stereocenters. The molecule has 0 heterocycles. The molecule has 0 amide bonds. The first kappa shape index (κ1) is 9.23. The Balaban J connectivity index is 3.09. The van der Waals surface area contributed by atoms with Gasteiger partial charge in [0.25, 0.3) is 0 Å². The summed E-state index contributed by atoms with van der Waals surface area (Å²) in [6.07, 6.45) is 0. The third-order valence-corrected chi connectivity index (χ3v) is 1.87. The number of rotatable bonds is 2. The molecule has 65 valence electrons. The predicted octanol–water partition coefficient (Wildman–Crippen LogP) is 1.53. The SMILES string of the molecule is CC(N)c1[c]cccc1C(C)N. The lowest BCUT2D eigenvalue weighted by molar-refractivity contribution is 0.746. The average Bonchev–Trinajstić information content (AvgIpc) is 2.04. The largest absolute Gasteiger partial charge is 0.324 e. The molecule has 1 aromatic carbocycles. The van der Waals surface area contributed by atoms with Crippen LogP contribution in [0.5, 0.6) is 0 Å². The molecule has 0 saturated carbocycles. The van der Waals surface area contributed by atoms with Crippen LogP contribution in [0.15, 0.2) is 18.2 Å². The molecule has 0 aliphatic heterocycles. The average molecular weight is 163 g/mol. The zero-order chi connectivity index (χ0) is 9.14. The molecule has 2 atom stereocenters. The van der Waals surface area contributed by atoms with Gasteiger partial charge in [0.2, 0.25) is 0 Å². The highest BCUT2D eigenvalue weighted by Crippen LogP contribution is 2.19. The van der Waals surface area contributed by atoms with Crippen LogP contribution in [0.4, 0.5) is 0 Å². The van der Waals surface area contributed by atoms with E-state index in [1.54, 1.807) is 0 Å². The fourth-order valence-electron chi connectivity index (χ4n) is 1.25. The second-order valence-electron chi connectivity index (χ2n) is 3.12. The van der Waals surface area contributed by atoms with Crippen LogP contribution >= 0.6 is 0 Å². The van der Waals surface area contributed by atoms with Gasteiger partial charge in [0.15, 0.2) is 0 Å². The van der Waals surface area contributed by atoms with Crippen LogP contribution in [0.25, 0.3) is 0 Å². The third kappa shape index (κ3) is 1.84. The van der Waals surface area contributed by atoms with Crippen LogP contribution in [0, 0.1) is 6.07 Å². The summed E-state index contributed by atoms with van der Waals surface area (Å²) < 4.78 is 0. The molecule has 2 nitrogen and oxygen atoms in total. The van der Waals surface area contributed by atoms with Crippen LogP contribution in [0.3, 0.4) is 0 Å². The molecule has 0 aliphatic rings. The summed E-state index contributed by atoms with van der Waals surface area (Å²) >= 11 is 0. The maximum atomic E-state index is 5.78. The maximum Gasteiger partial charge on any atom is 0.0275 e. The van der Waals surface area contributed by atoms with E-state index in [1.807, 2.05) is 32.0 Å². The van der Waals surface area contributed by atoms with E-state index in [0.717, 1.165) is 11.1 Å². The first-order valence-electron chi connectivity index (χ1n) is 4.14. The van der Waals surface area contributed by atoms with Gasteiger partial charge in [-0.25, -0.2) is 0 Å². The van der Waals surface area contributed by atoms with Crippen molar-refractivity contribution in [2.75, 3.05) is 0 Å². The molecule has 1 radical (unpaired) electrons. The lowest BCUT2D eigenvalue weighted by Gasteiger charge is -2.14. The van der Waals surface area contributed by atoms with Crippen molar-refractivity contribution >= 4 is 0 Å². The fraction of sp³-hybridized carbons (Fsp3) is 0.400. The zero-order valence-electron chi connectivity index (χ0n) is 7.54. The van der Waals surface area contributed by atoms with Crippen molar-refractivity contribution < 1.29 is 0 Å². The van der Waals surface area contributed by atoms with Gasteiger partial charge in [-0.05, 0) is 31.0 Å². The van der Waals surface area contributed by atoms with Gasteiger partial charge in [-0.1, -0.05) is 18.2 Å². The highest BCUT2D eigenvalue weighted by molar-refractivity contribution is 5.30. The van der Waals surface area contributed by atoms with Crippen LogP contribution in [0.1, 0.15) is 37.1 Å². The van der Waals surface area contributed by atoms with Crippen molar-refractivity contribution in [2.45, 2.75) is 25.9 Å². The Morgan fingerprint density at radius 3 is 2.33 bits per heavy atom. The maximum absolute atomic E-state index is 5.78. The van der Waals surface area contributed by atoms with Gasteiger partial charge in [-0.15, -0.1) is 0 Å². The topological polar surface area (TPSA) is 52.0 Å². The lowest BCUT2D eigenvalue weighted by Crippen LogP contribution is -2.13. The van der Waals surface area contributed by atoms with Crippen molar-refractivity contribution in [2.24, 2.45) is 11.5 Å². The van der Waals surface area contributed by atoms with Gasteiger partial charge in [0, 0.05) is 12.1 Å². The van der Waals surface area contributed by atoms with Gasteiger partial charge in [0.05, 0.1) is 0 Å². The smallest absolute Gasteiger partial charge is 0.0275 e. The molecule has 0 aliphatic carbocycles. The molecule has 0 aromatic heterocycles. The van der Waals surface area contributed by atoms with Crippen LogP contribution < -0.4 is 11.5 Å². The molecule has 0 spiro atoms. The summed E-state index contributed by atoms with van der Waals surface area (Å²) in [4.78, 5) is 0. The van der Waals surface area contributed by atoms with Crippen molar-refractivity contribution in [3.63, 3.8) is 0 Å². The lowest BCUT2D eigenvalue weighted by atomic mass is 9.98. The summed E-state index contributed by atoms with van der Waals surface area (Å²) in [5, 5.41) is 0. The molecule has 1 aromatic rings. The second kappa shape index (κ2) is 3.70. The van der Waals surface area contributed by atoms with Gasteiger partial charge in [-0.2, -0.15) is 0 Å². The van der Waals surface area contributed by atoms with E-state index in [4.69, 9.17) is 11.5 Å². The predicted molar refractivity (Wildman–Crippen MR) is 50.5 cm³/mol. The molecule has 4 N–H and O–H groups in total. The molecule has 0 fully saturated rings. The third-order valence-electron chi connectivity index (χ3n) is 1.87. The van der Waals surface area contributed by atoms with Gasteiger partial charge in [-0.3, -0.25) is 0 Å². The molecular formula is C10H15N2. The van der Waals surface area contributed by atoms with Gasteiger partial charge < -0.3 is 11.5 Å². The number of hydrogen-bond acceptors (Lipinski definition) is 2. The number of benzene rings is 1. The summed E-state index contributed by atoms with van der Waals surface area (Å²) in [6, 6.07) is 8.95. The first-order chi connectivity index (χ1) is 5.63. The zero-order valence-corrected chi connectivity index (χ0v) is 7.54. The quantitative estimate of drug-likeness (QED) is 0.694. The monoisotopic (exact) mass is 163 g/mol. The van der Waals surface area contributed by atoms with Crippen molar-refractivity contribution in [3.8, 4) is 0 Å². The summed E-state index contributed by atoms with van der Waals surface area (Å²) in [6.45, 7) is 3.90. The van der Waals surface area contributed by atoms with E-state index >= 15 is 0 Å². The standard InChI is InChI=1S/C10H15N2/c1-7(11)9-5-3-4-6-10(9)8(2)12/h3-5,7-8H,11-12H2,1-2H3. The summed E-state index contributed by atoms with van der Waals surface area (Å²) in [5.41, 5.74) is 13.7. The van der Waals surface area contributed by atoms with E-state index in [-0.39, 0.29) is 12.1 Å². The van der Waals surface area contributed by atoms with Gasteiger partial charge >= 0.3 is 0 Å². The molecule has 2 heteroatoms. The fourth-order valence-corrected chi connectivity index (χ4v) is 1.25. The van der Waals surface area contributed by atoms with Crippen LogP contribution in [0.2, 0.25) is 0 Å². The summed E-state index contributed by atoms with van der Waals surface area (Å²) in [5.74, 6) is 0. The van der Waals surface area contributed by atoms with E-state index in [9.17, 15) is 0 Å². The normalized spacial score (nSPS) is 15.7. The van der Waals surface area contributed by atoms with E-state index in [0.29, 0.717) is 0 Å². The molecule has 0 bridgehead atoms. The number of nitrogens with two attached hydrogens (primary N) is 2. The Hall–Kier alpha value is -0.860. The van der Waals surface area contributed by atoms with Gasteiger partial charge in [0.1, 0.15) is 0 Å². The molecule has 0 saturated heterocycles. The molecule has 12 heavy (non-hydrogen) atoms. The van der Waals surface area contributed by atoms with Crippen LogP contribution in [-0.2, 0) is 0 Å². The minimum Gasteiger partial charge on any atom is -0.324 e. The Bertz CT molecular complexity index is 227. The molecule has 1 rings (SSSR count). The highest BCUT2D eigenvalue weighted by Gasteiger charge is 2.08. The Labute approximate surface area is 73.6 Å². The second-order valence-corrected chi connectivity index (χ2v) is 3.12. The van der Waals surface area contributed by atoms with E-state index in [1.165, 1.54) is 0 Å². The van der Waals surface area contributed by atoms with Crippen molar-refractivity contribution in [1.82, 2.24) is 0 Å². The number of hydrogen-bond donors (Lipinski definition) is 2. The van der Waals surface area contributed by atoms with Crippen molar-refractivity contribution in [3.05, 3.63) is 35.4 Å². The van der Waals surface area contributed by atoms with Crippen molar-refractivity contribution in [1.29, 1.82) is 0 Å². The molecular weight excluding hydrogens is 148 g/mol. The Kier molecular flexibility index (Phi) is 2.84. The Morgan fingerprint density at radius 2 is 1.92 bits per heavy atom. The Morgan fingerprint density at radius 1 is 1.25 bits per heavy atom. The highest BCUT2D eigenvalue weighted by atomic mass is 14.6.